The third-order valence-corrected chi connectivity index (χ3v) is 4.85. The summed E-state index contributed by atoms with van der Waals surface area (Å²) in [4.78, 5) is 2.57. The lowest BCUT2D eigenvalue weighted by Crippen LogP contribution is -2.20. The Morgan fingerprint density at radius 1 is 1.17 bits per heavy atom. The van der Waals surface area contributed by atoms with Crippen molar-refractivity contribution in [1.82, 2.24) is 0 Å². The van der Waals surface area contributed by atoms with Crippen molar-refractivity contribution in [3.05, 3.63) is 29.8 Å². The fourth-order valence-corrected chi connectivity index (χ4v) is 3.61. The summed E-state index contributed by atoms with van der Waals surface area (Å²) in [7, 11) is 0. The van der Waals surface area contributed by atoms with Crippen LogP contribution in [-0.4, -0.2) is 13.1 Å². The van der Waals surface area contributed by atoms with Gasteiger partial charge in [-0.3, -0.25) is 0 Å². The maximum atomic E-state index is 6.06. The average molecular weight is 244 g/mol. The first-order valence-corrected chi connectivity index (χ1v) is 7.38. The van der Waals surface area contributed by atoms with E-state index in [1.54, 1.807) is 0 Å². The van der Waals surface area contributed by atoms with Crippen molar-refractivity contribution in [2.45, 2.75) is 38.6 Å². The Balaban J connectivity index is 1.70. The van der Waals surface area contributed by atoms with E-state index in [1.807, 2.05) is 0 Å². The summed E-state index contributed by atoms with van der Waals surface area (Å²) in [5, 5.41) is 0. The second kappa shape index (κ2) is 4.93. The van der Waals surface area contributed by atoms with E-state index < -0.39 is 0 Å². The molecule has 1 saturated heterocycles. The lowest BCUT2D eigenvalue weighted by atomic mass is 10.0. The van der Waals surface area contributed by atoms with E-state index in [9.17, 15) is 0 Å². The number of anilines is 1. The van der Waals surface area contributed by atoms with E-state index in [-0.39, 0.29) is 6.04 Å². The highest BCUT2D eigenvalue weighted by molar-refractivity contribution is 5.49. The number of rotatable bonds is 3. The number of hydrogen-bond acceptors (Lipinski definition) is 2. The molecular weight excluding hydrogens is 220 g/mol. The minimum absolute atomic E-state index is 0.192. The Kier molecular flexibility index (Phi) is 3.29. The molecule has 18 heavy (non-hydrogen) atoms. The first-order chi connectivity index (χ1) is 8.78. The van der Waals surface area contributed by atoms with Gasteiger partial charge in [0, 0.05) is 24.8 Å². The van der Waals surface area contributed by atoms with Crippen LogP contribution in [0.1, 0.15) is 44.2 Å². The minimum atomic E-state index is 0.192. The van der Waals surface area contributed by atoms with Crippen LogP contribution in [0.5, 0.6) is 0 Å². The summed E-state index contributed by atoms with van der Waals surface area (Å²) in [6.45, 7) is 4.67. The number of nitrogens with zero attached hydrogens (tertiary/aromatic N) is 1. The normalized spacial score (nSPS) is 28.4. The van der Waals surface area contributed by atoms with E-state index in [1.165, 1.54) is 43.6 Å². The molecule has 2 nitrogen and oxygen atoms in total. The van der Waals surface area contributed by atoms with Gasteiger partial charge in [-0.25, -0.2) is 0 Å². The summed E-state index contributed by atoms with van der Waals surface area (Å²) >= 11 is 0. The van der Waals surface area contributed by atoms with Crippen molar-refractivity contribution in [1.29, 1.82) is 0 Å². The summed E-state index contributed by atoms with van der Waals surface area (Å²) in [6.07, 6.45) is 5.35. The molecule has 2 heteroatoms. The monoisotopic (exact) mass is 244 g/mol. The quantitative estimate of drug-likeness (QED) is 0.883. The van der Waals surface area contributed by atoms with Crippen LogP contribution in [0.15, 0.2) is 24.3 Å². The van der Waals surface area contributed by atoms with Gasteiger partial charge in [0.2, 0.25) is 0 Å². The fourth-order valence-electron chi connectivity index (χ4n) is 3.61. The van der Waals surface area contributed by atoms with Crippen LogP contribution in [0.3, 0.4) is 0 Å². The molecule has 1 saturated carbocycles. The molecule has 2 N–H and O–H groups in total. The number of benzene rings is 1. The van der Waals surface area contributed by atoms with Crippen LogP contribution < -0.4 is 10.6 Å². The van der Waals surface area contributed by atoms with E-state index in [2.05, 4.69) is 36.1 Å². The molecule has 0 spiro atoms. The summed E-state index contributed by atoms with van der Waals surface area (Å²) in [6, 6.07) is 9.12. The molecule has 0 amide bonds. The molecule has 0 radical (unpaired) electrons. The van der Waals surface area contributed by atoms with Gasteiger partial charge in [-0.05, 0) is 48.8 Å². The summed E-state index contributed by atoms with van der Waals surface area (Å²) < 4.78 is 0. The van der Waals surface area contributed by atoms with Crippen molar-refractivity contribution in [2.75, 3.05) is 18.0 Å². The molecule has 2 unspecified atom stereocenters. The fraction of sp³-hybridized carbons (Fsp3) is 0.625. The molecule has 2 aliphatic rings. The molecule has 1 heterocycles. The van der Waals surface area contributed by atoms with Crippen molar-refractivity contribution in [3.8, 4) is 0 Å². The van der Waals surface area contributed by atoms with Crippen molar-refractivity contribution < 1.29 is 0 Å². The van der Waals surface area contributed by atoms with Crippen LogP contribution >= 0.6 is 0 Å². The van der Waals surface area contributed by atoms with Gasteiger partial charge in [-0.2, -0.15) is 0 Å². The molecule has 3 rings (SSSR count). The van der Waals surface area contributed by atoms with Gasteiger partial charge >= 0.3 is 0 Å². The first-order valence-electron chi connectivity index (χ1n) is 7.38. The number of fused-ring (bicyclic) bond motifs is 1. The summed E-state index contributed by atoms with van der Waals surface area (Å²) in [5.41, 5.74) is 8.71. The van der Waals surface area contributed by atoms with Crippen LogP contribution in [0.25, 0.3) is 0 Å². The van der Waals surface area contributed by atoms with Crippen molar-refractivity contribution >= 4 is 5.69 Å². The average Bonchev–Trinajstić information content (AvgIpc) is 2.99. The van der Waals surface area contributed by atoms with Crippen LogP contribution in [0.2, 0.25) is 0 Å². The Bertz CT molecular complexity index is 386. The molecular formula is C16H24N2. The standard InChI is InChI=1S/C16H24N2/c1-2-16(17)12-6-8-15(9-7-12)18-10-13-4-3-5-14(13)11-18/h6-9,13-14,16H,2-5,10-11,17H2,1H3/t13?,14?,16-/m0/s1. The summed E-state index contributed by atoms with van der Waals surface area (Å²) in [5.74, 6) is 1.92. The highest BCUT2D eigenvalue weighted by Gasteiger charge is 2.35. The Hall–Kier alpha value is -1.02. The van der Waals surface area contributed by atoms with Crippen molar-refractivity contribution in [3.63, 3.8) is 0 Å². The predicted octanol–water partition coefficient (Wildman–Crippen LogP) is 3.33. The molecule has 2 fully saturated rings. The maximum absolute atomic E-state index is 6.06. The van der Waals surface area contributed by atoms with Gasteiger partial charge in [0.15, 0.2) is 0 Å². The Morgan fingerprint density at radius 3 is 2.33 bits per heavy atom. The predicted molar refractivity (Wildman–Crippen MR) is 76.7 cm³/mol. The molecule has 0 aromatic heterocycles. The minimum Gasteiger partial charge on any atom is -0.371 e. The third kappa shape index (κ3) is 2.14. The number of hydrogen-bond donors (Lipinski definition) is 1. The van der Waals surface area contributed by atoms with Gasteiger partial charge in [0.05, 0.1) is 0 Å². The van der Waals surface area contributed by atoms with Gasteiger partial charge in [0.25, 0.3) is 0 Å². The molecule has 1 aliphatic heterocycles. The van der Waals surface area contributed by atoms with Crippen LogP contribution in [0, 0.1) is 11.8 Å². The largest absolute Gasteiger partial charge is 0.371 e. The molecule has 3 atom stereocenters. The molecule has 1 aromatic carbocycles. The smallest absolute Gasteiger partial charge is 0.0366 e. The molecule has 0 bridgehead atoms. The van der Waals surface area contributed by atoms with Crippen LogP contribution in [-0.2, 0) is 0 Å². The third-order valence-electron chi connectivity index (χ3n) is 4.85. The highest BCUT2D eigenvalue weighted by Crippen LogP contribution is 2.39. The Labute approximate surface area is 110 Å². The van der Waals surface area contributed by atoms with Gasteiger partial charge < -0.3 is 10.6 Å². The zero-order valence-electron chi connectivity index (χ0n) is 11.3. The molecule has 98 valence electrons. The Morgan fingerprint density at radius 2 is 1.78 bits per heavy atom. The highest BCUT2D eigenvalue weighted by atomic mass is 15.2. The number of nitrogens with two attached hydrogens (primary N) is 1. The lowest BCUT2D eigenvalue weighted by molar-refractivity contribution is 0.494. The van der Waals surface area contributed by atoms with E-state index >= 15 is 0 Å². The zero-order valence-corrected chi connectivity index (χ0v) is 11.3. The maximum Gasteiger partial charge on any atom is 0.0366 e. The molecule has 1 aliphatic carbocycles. The second-order valence-electron chi connectivity index (χ2n) is 5.96. The first kappa shape index (κ1) is 12.0. The zero-order chi connectivity index (χ0) is 12.5. The topological polar surface area (TPSA) is 29.3 Å². The molecule has 1 aromatic rings. The van der Waals surface area contributed by atoms with E-state index in [0.717, 1.165) is 18.3 Å². The van der Waals surface area contributed by atoms with E-state index in [0.29, 0.717) is 0 Å². The lowest BCUT2D eigenvalue weighted by Gasteiger charge is -2.20. The van der Waals surface area contributed by atoms with Gasteiger partial charge in [-0.1, -0.05) is 25.5 Å². The van der Waals surface area contributed by atoms with Gasteiger partial charge in [-0.15, -0.1) is 0 Å². The van der Waals surface area contributed by atoms with Crippen LogP contribution in [0.4, 0.5) is 5.69 Å². The van der Waals surface area contributed by atoms with Gasteiger partial charge in [0.1, 0.15) is 0 Å². The second-order valence-corrected chi connectivity index (χ2v) is 5.96. The van der Waals surface area contributed by atoms with E-state index in [4.69, 9.17) is 5.73 Å². The SMILES string of the molecule is CC[C@H](N)c1ccc(N2CC3CCCC3C2)cc1. The van der Waals surface area contributed by atoms with Crippen molar-refractivity contribution in [2.24, 2.45) is 17.6 Å².